The van der Waals surface area contributed by atoms with Crippen molar-refractivity contribution < 1.29 is 4.79 Å². The van der Waals surface area contributed by atoms with Crippen LogP contribution in [0.5, 0.6) is 0 Å². The van der Waals surface area contributed by atoms with Crippen molar-refractivity contribution in [2.75, 3.05) is 0 Å². The molecule has 0 bridgehead atoms. The summed E-state index contributed by atoms with van der Waals surface area (Å²) >= 11 is 1.29. The molecule has 0 radical (unpaired) electrons. The highest BCUT2D eigenvalue weighted by molar-refractivity contribution is 7.20. The Morgan fingerprint density at radius 3 is 2.92 bits per heavy atom. The van der Waals surface area contributed by atoms with E-state index < -0.39 is 0 Å². The lowest BCUT2D eigenvalue weighted by atomic mass is 9.80. The van der Waals surface area contributed by atoms with Crippen molar-refractivity contribution in [3.05, 3.63) is 62.5 Å². The molecule has 2 aromatic heterocycles. The SMILES string of the molecule is Cc1c(C(=O)NC2c3ccccc3CCC2C)sc2ncn(C)c(=O)c12. The number of benzene rings is 1. The third kappa shape index (κ3) is 2.65. The molecule has 2 heterocycles. The number of nitrogens with zero attached hydrogens (tertiary/aromatic N) is 2. The van der Waals surface area contributed by atoms with Gasteiger partial charge in [-0.05, 0) is 42.4 Å². The zero-order chi connectivity index (χ0) is 18.4. The lowest BCUT2D eigenvalue weighted by molar-refractivity contribution is 0.0923. The van der Waals surface area contributed by atoms with E-state index in [0.29, 0.717) is 26.6 Å². The van der Waals surface area contributed by atoms with Crippen LogP contribution in [-0.2, 0) is 13.5 Å². The first kappa shape index (κ1) is 17.0. The van der Waals surface area contributed by atoms with Gasteiger partial charge < -0.3 is 9.88 Å². The van der Waals surface area contributed by atoms with Gasteiger partial charge in [-0.15, -0.1) is 11.3 Å². The van der Waals surface area contributed by atoms with Crippen LogP contribution >= 0.6 is 11.3 Å². The van der Waals surface area contributed by atoms with Crippen LogP contribution in [0.4, 0.5) is 0 Å². The van der Waals surface area contributed by atoms with Crippen molar-refractivity contribution in [3.63, 3.8) is 0 Å². The average molecular weight is 367 g/mol. The third-order valence-electron chi connectivity index (χ3n) is 5.33. The average Bonchev–Trinajstić information content (AvgIpc) is 2.98. The van der Waals surface area contributed by atoms with Gasteiger partial charge in [0.1, 0.15) is 4.83 Å². The van der Waals surface area contributed by atoms with Gasteiger partial charge in [-0.3, -0.25) is 9.59 Å². The molecule has 2 atom stereocenters. The fourth-order valence-electron chi connectivity index (χ4n) is 3.77. The molecule has 0 saturated carbocycles. The molecule has 2 unspecified atom stereocenters. The quantitative estimate of drug-likeness (QED) is 0.755. The second-order valence-electron chi connectivity index (χ2n) is 7.06. The minimum absolute atomic E-state index is 0.00662. The number of fused-ring (bicyclic) bond motifs is 2. The summed E-state index contributed by atoms with van der Waals surface area (Å²) < 4.78 is 1.45. The highest BCUT2D eigenvalue weighted by Gasteiger charge is 2.29. The van der Waals surface area contributed by atoms with Crippen LogP contribution in [0, 0.1) is 12.8 Å². The molecule has 0 aliphatic heterocycles. The third-order valence-corrected chi connectivity index (χ3v) is 6.53. The van der Waals surface area contributed by atoms with Crippen LogP contribution in [0.3, 0.4) is 0 Å². The van der Waals surface area contributed by atoms with Crippen LogP contribution < -0.4 is 10.9 Å². The zero-order valence-corrected chi connectivity index (χ0v) is 15.9. The number of aryl methyl sites for hydroxylation is 3. The fourth-order valence-corrected chi connectivity index (χ4v) is 4.82. The van der Waals surface area contributed by atoms with Crippen LogP contribution in [0.2, 0.25) is 0 Å². The number of hydrogen-bond donors (Lipinski definition) is 1. The van der Waals surface area contributed by atoms with E-state index in [1.807, 2.05) is 19.1 Å². The van der Waals surface area contributed by atoms with E-state index in [1.54, 1.807) is 7.05 Å². The molecule has 0 fully saturated rings. The smallest absolute Gasteiger partial charge is 0.262 e. The maximum Gasteiger partial charge on any atom is 0.262 e. The van der Waals surface area contributed by atoms with E-state index in [-0.39, 0.29) is 17.5 Å². The standard InChI is InChI=1S/C20H21N3O2S/c1-11-8-9-13-6-4-5-7-14(13)16(11)22-18(24)17-12(2)15-19(26-17)21-10-23(3)20(15)25/h4-7,10-11,16H,8-9H2,1-3H3,(H,22,24). The number of carbonyl (C=O) groups excluding carboxylic acids is 1. The van der Waals surface area contributed by atoms with Gasteiger partial charge in [0.05, 0.1) is 22.6 Å². The Bertz CT molecular complexity index is 1070. The second-order valence-corrected chi connectivity index (χ2v) is 8.06. The summed E-state index contributed by atoms with van der Waals surface area (Å²) in [5.74, 6) is 0.246. The van der Waals surface area contributed by atoms with Gasteiger partial charge in [0.25, 0.3) is 11.5 Å². The normalized spacial score (nSPS) is 19.3. The van der Waals surface area contributed by atoms with Crippen LogP contribution in [0.25, 0.3) is 10.2 Å². The van der Waals surface area contributed by atoms with E-state index in [4.69, 9.17) is 0 Å². The van der Waals surface area contributed by atoms with Crippen molar-refractivity contribution in [1.29, 1.82) is 0 Å². The van der Waals surface area contributed by atoms with Crippen LogP contribution in [0.15, 0.2) is 35.4 Å². The number of amides is 1. The van der Waals surface area contributed by atoms with E-state index >= 15 is 0 Å². The molecule has 5 nitrogen and oxygen atoms in total. The number of rotatable bonds is 2. The molecule has 4 rings (SSSR count). The van der Waals surface area contributed by atoms with E-state index in [2.05, 4.69) is 29.4 Å². The summed E-state index contributed by atoms with van der Waals surface area (Å²) in [7, 11) is 1.67. The molecule has 0 saturated heterocycles. The number of aromatic nitrogens is 2. The predicted octanol–water partition coefficient (Wildman–Crippen LogP) is 3.36. The maximum absolute atomic E-state index is 13.0. The molecule has 1 aromatic carbocycles. The Kier molecular flexibility index (Phi) is 4.15. The number of thiophene rings is 1. The van der Waals surface area contributed by atoms with Gasteiger partial charge in [0.2, 0.25) is 0 Å². The van der Waals surface area contributed by atoms with Crippen LogP contribution in [-0.4, -0.2) is 15.5 Å². The first-order valence-corrected chi connectivity index (χ1v) is 9.62. The summed E-state index contributed by atoms with van der Waals surface area (Å²) in [6, 6.07) is 8.30. The first-order valence-electron chi connectivity index (χ1n) is 8.80. The summed E-state index contributed by atoms with van der Waals surface area (Å²) in [5, 5.41) is 3.76. The molecular formula is C20H21N3O2S. The van der Waals surface area contributed by atoms with Gasteiger partial charge >= 0.3 is 0 Å². The molecule has 1 aliphatic carbocycles. The highest BCUT2D eigenvalue weighted by atomic mass is 32.1. The van der Waals surface area contributed by atoms with Crippen LogP contribution in [0.1, 0.15) is 45.7 Å². The Morgan fingerprint density at radius 2 is 2.12 bits per heavy atom. The van der Waals surface area contributed by atoms with Crippen molar-refractivity contribution >= 4 is 27.5 Å². The first-order chi connectivity index (χ1) is 12.5. The molecule has 0 spiro atoms. The summed E-state index contributed by atoms with van der Waals surface area (Å²) in [6.45, 7) is 4.01. The maximum atomic E-state index is 13.0. The second kappa shape index (κ2) is 6.36. The summed E-state index contributed by atoms with van der Waals surface area (Å²) in [5.41, 5.74) is 3.11. The van der Waals surface area contributed by atoms with Crippen molar-refractivity contribution in [1.82, 2.24) is 14.9 Å². The molecule has 1 aliphatic rings. The van der Waals surface area contributed by atoms with Crippen molar-refractivity contribution in [2.45, 2.75) is 32.7 Å². The van der Waals surface area contributed by atoms with Crippen molar-refractivity contribution in [2.24, 2.45) is 13.0 Å². The van der Waals surface area contributed by atoms with E-state index in [9.17, 15) is 9.59 Å². The zero-order valence-electron chi connectivity index (χ0n) is 15.1. The topological polar surface area (TPSA) is 64.0 Å². The number of nitrogens with one attached hydrogen (secondary N) is 1. The van der Waals surface area contributed by atoms with E-state index in [0.717, 1.165) is 12.8 Å². The van der Waals surface area contributed by atoms with Gasteiger partial charge in [0.15, 0.2) is 0 Å². The summed E-state index contributed by atoms with van der Waals surface area (Å²) in [6.07, 6.45) is 3.60. The van der Waals surface area contributed by atoms with Crippen molar-refractivity contribution in [3.8, 4) is 0 Å². The molecule has 1 amide bonds. The molecule has 1 N–H and O–H groups in total. The molecule has 6 heteroatoms. The minimum Gasteiger partial charge on any atom is -0.344 e. The molecule has 3 aromatic rings. The van der Waals surface area contributed by atoms with Gasteiger partial charge in [-0.25, -0.2) is 4.98 Å². The molecular weight excluding hydrogens is 346 g/mol. The Labute approximate surface area is 155 Å². The van der Waals surface area contributed by atoms with Gasteiger partial charge in [-0.1, -0.05) is 31.2 Å². The lowest BCUT2D eigenvalue weighted by Gasteiger charge is -2.32. The number of hydrogen-bond acceptors (Lipinski definition) is 4. The molecule has 26 heavy (non-hydrogen) atoms. The molecule has 134 valence electrons. The van der Waals surface area contributed by atoms with Gasteiger partial charge in [0, 0.05) is 7.05 Å². The largest absolute Gasteiger partial charge is 0.344 e. The Balaban J connectivity index is 1.72. The Hall–Kier alpha value is -2.47. The van der Waals surface area contributed by atoms with Gasteiger partial charge in [-0.2, -0.15) is 0 Å². The number of carbonyl (C=O) groups is 1. The minimum atomic E-state index is -0.124. The predicted molar refractivity (Wildman–Crippen MR) is 104 cm³/mol. The Morgan fingerprint density at radius 1 is 1.35 bits per heavy atom. The lowest BCUT2D eigenvalue weighted by Crippen LogP contribution is -2.35. The summed E-state index contributed by atoms with van der Waals surface area (Å²) in [4.78, 5) is 30.9. The van der Waals surface area contributed by atoms with E-state index in [1.165, 1.54) is 33.4 Å². The monoisotopic (exact) mass is 367 g/mol. The highest BCUT2D eigenvalue weighted by Crippen LogP contribution is 2.35. The fraction of sp³-hybridized carbons (Fsp3) is 0.350.